The van der Waals surface area contributed by atoms with Crippen LogP contribution in [0.3, 0.4) is 0 Å². The second kappa shape index (κ2) is 9.77. The molecular weight excluding hydrogens is 380 g/mol. The Morgan fingerprint density at radius 2 is 1.59 bits per heavy atom. The molecule has 1 aliphatic heterocycles. The Balaban J connectivity index is 2.01. The van der Waals surface area contributed by atoms with Gasteiger partial charge in [-0.3, -0.25) is 4.79 Å². The minimum Gasteiger partial charge on any atom is -0.314 e. The Morgan fingerprint density at radius 1 is 0.966 bits per heavy atom. The van der Waals surface area contributed by atoms with Gasteiger partial charge in [0, 0.05) is 24.3 Å². The smallest absolute Gasteiger partial charge is 0.239 e. The topological polar surface area (TPSA) is 23.6 Å². The van der Waals surface area contributed by atoms with E-state index in [0.29, 0.717) is 6.42 Å². The van der Waals surface area contributed by atoms with Crippen molar-refractivity contribution in [1.82, 2.24) is 4.90 Å². The number of hydrogen-bond acceptors (Lipinski definition) is 2. The number of likely N-dealkylation sites (N-methyl/N-ethyl adjacent to an activating group) is 1. The van der Waals surface area contributed by atoms with E-state index in [9.17, 15) is 4.79 Å². The molecule has 156 valence electrons. The summed E-state index contributed by atoms with van der Waals surface area (Å²) < 4.78 is 0. The average Bonchev–Trinajstić information content (AvgIpc) is 2.94. The minimum atomic E-state index is -0.555. The molecule has 0 aromatic heterocycles. The number of anilines is 1. The maximum Gasteiger partial charge on any atom is 0.239 e. The van der Waals surface area contributed by atoms with Gasteiger partial charge in [0.15, 0.2) is 0 Å². The minimum absolute atomic E-state index is 0.201. The number of nitrogens with zero attached hydrogens (tertiary/aromatic N) is 2. The first-order chi connectivity index (χ1) is 14.0. The molecule has 0 N–H and O–H groups in total. The van der Waals surface area contributed by atoms with E-state index in [0.717, 1.165) is 67.2 Å². The molecule has 2 aromatic rings. The van der Waals surface area contributed by atoms with Crippen molar-refractivity contribution < 1.29 is 4.79 Å². The summed E-state index contributed by atoms with van der Waals surface area (Å²) in [7, 11) is 1.91. The van der Waals surface area contributed by atoms with Crippen molar-refractivity contribution in [2.45, 2.75) is 51.4 Å². The molecule has 0 saturated carbocycles. The zero-order chi connectivity index (χ0) is 20.9. The van der Waals surface area contributed by atoms with E-state index in [1.54, 1.807) is 0 Å². The molecule has 0 spiro atoms. The standard InChI is InChI=1S/C25H33ClN2O/c1-4-6-16-28(17-7-5-2)19-25(18-20-12-14-21(26)15-13-20)22-10-8-9-11-23(22)27(3)24(25)29/h8-15H,4-7,16-19H2,1-3H3. The SMILES string of the molecule is CCCCN(CCCC)CC1(Cc2ccc(Cl)cc2)C(=O)N(C)c2ccccc21. The van der Waals surface area contributed by atoms with Gasteiger partial charge < -0.3 is 9.80 Å². The summed E-state index contributed by atoms with van der Waals surface area (Å²) in [6, 6.07) is 16.2. The van der Waals surface area contributed by atoms with Gasteiger partial charge in [0.1, 0.15) is 0 Å². The van der Waals surface area contributed by atoms with E-state index in [2.05, 4.69) is 49.1 Å². The zero-order valence-corrected chi connectivity index (χ0v) is 18.7. The van der Waals surface area contributed by atoms with Crippen LogP contribution in [0, 0.1) is 0 Å². The number of unbranched alkanes of at least 4 members (excludes halogenated alkanes) is 2. The van der Waals surface area contributed by atoms with Crippen molar-refractivity contribution in [3.05, 3.63) is 64.7 Å². The molecule has 0 fully saturated rings. The number of fused-ring (bicyclic) bond motifs is 1. The summed E-state index contributed by atoms with van der Waals surface area (Å²) in [6.45, 7) is 7.29. The number of carbonyl (C=O) groups is 1. The van der Waals surface area contributed by atoms with Gasteiger partial charge in [-0.05, 0) is 61.7 Å². The fraction of sp³-hybridized carbons (Fsp3) is 0.480. The predicted molar refractivity (Wildman–Crippen MR) is 123 cm³/mol. The predicted octanol–water partition coefficient (Wildman–Crippen LogP) is 5.70. The van der Waals surface area contributed by atoms with E-state index in [1.807, 2.05) is 30.1 Å². The van der Waals surface area contributed by atoms with E-state index in [1.165, 1.54) is 0 Å². The first-order valence-corrected chi connectivity index (χ1v) is 11.2. The number of halogens is 1. The van der Waals surface area contributed by atoms with E-state index < -0.39 is 5.41 Å². The highest BCUT2D eigenvalue weighted by Crippen LogP contribution is 2.44. The number of carbonyl (C=O) groups excluding carboxylic acids is 1. The van der Waals surface area contributed by atoms with E-state index in [-0.39, 0.29) is 5.91 Å². The fourth-order valence-electron chi connectivity index (χ4n) is 4.46. The Hall–Kier alpha value is -1.84. The number of rotatable bonds is 10. The third-order valence-corrected chi connectivity index (χ3v) is 6.32. The van der Waals surface area contributed by atoms with Gasteiger partial charge in [-0.2, -0.15) is 0 Å². The maximum atomic E-state index is 13.7. The highest BCUT2D eigenvalue weighted by molar-refractivity contribution is 6.30. The molecule has 2 aromatic carbocycles. The monoisotopic (exact) mass is 412 g/mol. The van der Waals surface area contributed by atoms with Gasteiger partial charge in [0.2, 0.25) is 5.91 Å². The number of benzene rings is 2. The fourth-order valence-corrected chi connectivity index (χ4v) is 4.59. The summed E-state index contributed by atoms with van der Waals surface area (Å²) in [6.07, 6.45) is 5.34. The Labute approximate surface area is 180 Å². The van der Waals surface area contributed by atoms with E-state index >= 15 is 0 Å². The summed E-state index contributed by atoms with van der Waals surface area (Å²) >= 11 is 6.11. The molecule has 0 aliphatic carbocycles. The lowest BCUT2D eigenvalue weighted by Crippen LogP contribution is -2.49. The van der Waals surface area contributed by atoms with Crippen molar-refractivity contribution in [2.24, 2.45) is 0 Å². The molecule has 0 radical (unpaired) electrons. The van der Waals surface area contributed by atoms with Crippen LogP contribution in [0.5, 0.6) is 0 Å². The third kappa shape index (κ3) is 4.67. The van der Waals surface area contributed by atoms with Gasteiger partial charge in [-0.25, -0.2) is 0 Å². The zero-order valence-electron chi connectivity index (χ0n) is 18.0. The van der Waals surface area contributed by atoms with Crippen LogP contribution in [-0.2, 0) is 16.6 Å². The number of hydrogen-bond donors (Lipinski definition) is 0. The van der Waals surface area contributed by atoms with Crippen molar-refractivity contribution in [3.8, 4) is 0 Å². The molecule has 1 amide bonds. The largest absolute Gasteiger partial charge is 0.314 e. The lowest BCUT2D eigenvalue weighted by Gasteiger charge is -2.35. The van der Waals surface area contributed by atoms with Crippen LogP contribution in [0.25, 0.3) is 0 Å². The number of para-hydroxylation sites is 1. The highest BCUT2D eigenvalue weighted by Gasteiger charge is 2.50. The van der Waals surface area contributed by atoms with Gasteiger partial charge in [-0.1, -0.05) is 68.6 Å². The van der Waals surface area contributed by atoms with Gasteiger partial charge in [0.05, 0.1) is 5.41 Å². The second-order valence-corrected chi connectivity index (χ2v) is 8.69. The van der Waals surface area contributed by atoms with Gasteiger partial charge >= 0.3 is 0 Å². The van der Waals surface area contributed by atoms with Crippen molar-refractivity contribution >= 4 is 23.2 Å². The summed E-state index contributed by atoms with van der Waals surface area (Å²) in [5.41, 5.74) is 2.79. The molecule has 29 heavy (non-hydrogen) atoms. The quantitative estimate of drug-likeness (QED) is 0.499. The summed E-state index contributed by atoms with van der Waals surface area (Å²) in [5, 5.41) is 0.727. The van der Waals surface area contributed by atoms with Crippen LogP contribution in [0.4, 0.5) is 5.69 Å². The first-order valence-electron chi connectivity index (χ1n) is 10.9. The summed E-state index contributed by atoms with van der Waals surface area (Å²) in [5.74, 6) is 0.201. The molecule has 1 aliphatic rings. The molecule has 3 rings (SSSR count). The van der Waals surface area contributed by atoms with Crippen molar-refractivity contribution in [1.29, 1.82) is 0 Å². The Kier molecular flexibility index (Phi) is 7.37. The highest BCUT2D eigenvalue weighted by atomic mass is 35.5. The van der Waals surface area contributed by atoms with Crippen LogP contribution in [0.2, 0.25) is 5.02 Å². The van der Waals surface area contributed by atoms with E-state index in [4.69, 9.17) is 11.6 Å². The van der Waals surface area contributed by atoms with Crippen LogP contribution in [0.15, 0.2) is 48.5 Å². The second-order valence-electron chi connectivity index (χ2n) is 8.25. The van der Waals surface area contributed by atoms with Crippen LogP contribution < -0.4 is 4.90 Å². The molecular formula is C25H33ClN2O. The van der Waals surface area contributed by atoms with Crippen molar-refractivity contribution in [3.63, 3.8) is 0 Å². The molecule has 1 unspecified atom stereocenters. The van der Waals surface area contributed by atoms with Crippen LogP contribution in [0.1, 0.15) is 50.7 Å². The molecule has 1 heterocycles. The van der Waals surface area contributed by atoms with Crippen LogP contribution >= 0.6 is 11.6 Å². The Morgan fingerprint density at radius 3 is 2.21 bits per heavy atom. The summed E-state index contributed by atoms with van der Waals surface area (Å²) in [4.78, 5) is 18.1. The molecule has 3 nitrogen and oxygen atoms in total. The molecule has 0 bridgehead atoms. The molecule has 1 atom stereocenters. The van der Waals surface area contributed by atoms with Crippen LogP contribution in [-0.4, -0.2) is 37.5 Å². The van der Waals surface area contributed by atoms with Gasteiger partial charge in [-0.15, -0.1) is 0 Å². The number of amides is 1. The normalized spacial score (nSPS) is 18.5. The lowest BCUT2D eigenvalue weighted by atomic mass is 9.75. The lowest BCUT2D eigenvalue weighted by molar-refractivity contribution is -0.123. The third-order valence-electron chi connectivity index (χ3n) is 6.06. The first kappa shape index (κ1) is 21.9. The van der Waals surface area contributed by atoms with Crippen molar-refractivity contribution in [2.75, 3.05) is 31.6 Å². The Bertz CT molecular complexity index is 812. The van der Waals surface area contributed by atoms with Gasteiger partial charge in [0.25, 0.3) is 0 Å². The maximum absolute atomic E-state index is 13.7. The average molecular weight is 413 g/mol. The molecule has 0 saturated heterocycles. The molecule has 4 heteroatoms.